The first-order valence-corrected chi connectivity index (χ1v) is 3.83. The van der Waals surface area contributed by atoms with Gasteiger partial charge >= 0.3 is 5.97 Å². The number of aromatic nitrogens is 3. The van der Waals surface area contributed by atoms with Crippen molar-refractivity contribution in [2.24, 2.45) is 0 Å². The monoisotopic (exact) mass is 193 g/mol. The van der Waals surface area contributed by atoms with Crippen LogP contribution in [-0.2, 0) is 0 Å². The summed E-state index contributed by atoms with van der Waals surface area (Å²) in [6.07, 6.45) is 2.72. The molecule has 72 valence electrons. The largest absolute Gasteiger partial charge is 0.495 e. The van der Waals surface area contributed by atoms with Gasteiger partial charge in [-0.2, -0.15) is 5.10 Å². The van der Waals surface area contributed by atoms with E-state index in [4.69, 9.17) is 9.84 Å². The number of hydrogen-bond acceptors (Lipinski definition) is 4. The number of nitrogens with zero attached hydrogens (tertiary/aromatic N) is 2. The molecule has 2 aromatic heterocycles. The number of hydrogen-bond donors (Lipinski definition) is 2. The Kier molecular flexibility index (Phi) is 1.81. The number of H-pyrrole nitrogens is 1. The Balaban J connectivity index is 2.78. The maximum absolute atomic E-state index is 10.8. The summed E-state index contributed by atoms with van der Waals surface area (Å²) in [7, 11) is 1.41. The maximum Gasteiger partial charge on any atom is 0.341 e. The Labute approximate surface area is 78.5 Å². The molecular formula is C8H7N3O3. The molecule has 0 aliphatic carbocycles. The first kappa shape index (κ1) is 8.49. The molecule has 6 heteroatoms. The second-order valence-electron chi connectivity index (χ2n) is 2.64. The molecule has 0 fully saturated rings. The Morgan fingerprint density at radius 3 is 3.00 bits per heavy atom. The summed E-state index contributed by atoms with van der Waals surface area (Å²) in [6, 6.07) is 0. The number of methoxy groups -OCH3 is 1. The quantitative estimate of drug-likeness (QED) is 0.731. The highest BCUT2D eigenvalue weighted by molar-refractivity contribution is 5.97. The van der Waals surface area contributed by atoms with Crippen LogP contribution in [-0.4, -0.2) is 33.4 Å². The number of aromatic carboxylic acids is 1. The van der Waals surface area contributed by atoms with Crippen LogP contribution in [0.2, 0.25) is 0 Å². The summed E-state index contributed by atoms with van der Waals surface area (Å²) < 4.78 is 5.00. The SMILES string of the molecule is COc1c(C(=O)O)cnc2[nH]ncc12. The van der Waals surface area contributed by atoms with Crippen molar-refractivity contribution >= 4 is 17.0 Å². The van der Waals surface area contributed by atoms with Crippen LogP contribution in [0.1, 0.15) is 10.4 Å². The molecule has 2 N–H and O–H groups in total. The van der Waals surface area contributed by atoms with Gasteiger partial charge in [0.1, 0.15) is 11.3 Å². The molecule has 2 rings (SSSR count). The molecule has 0 spiro atoms. The zero-order valence-corrected chi connectivity index (χ0v) is 7.31. The molecule has 2 heterocycles. The van der Waals surface area contributed by atoms with Crippen LogP contribution in [0.5, 0.6) is 5.75 Å². The fraction of sp³-hybridized carbons (Fsp3) is 0.125. The van der Waals surface area contributed by atoms with Crippen molar-refractivity contribution < 1.29 is 14.6 Å². The average molecular weight is 193 g/mol. The van der Waals surface area contributed by atoms with Gasteiger partial charge in [-0.15, -0.1) is 0 Å². The van der Waals surface area contributed by atoms with Crippen LogP contribution in [0, 0.1) is 0 Å². The van der Waals surface area contributed by atoms with E-state index in [2.05, 4.69) is 15.2 Å². The van der Waals surface area contributed by atoms with Crippen LogP contribution >= 0.6 is 0 Å². The lowest BCUT2D eigenvalue weighted by atomic mass is 10.2. The van der Waals surface area contributed by atoms with E-state index in [-0.39, 0.29) is 11.3 Å². The number of carbonyl (C=O) groups is 1. The smallest absolute Gasteiger partial charge is 0.341 e. The number of aromatic amines is 1. The van der Waals surface area contributed by atoms with Crippen molar-refractivity contribution in [1.29, 1.82) is 0 Å². The molecule has 0 bridgehead atoms. The van der Waals surface area contributed by atoms with E-state index in [1.807, 2.05) is 0 Å². The second-order valence-corrected chi connectivity index (χ2v) is 2.64. The minimum absolute atomic E-state index is 0.0291. The minimum Gasteiger partial charge on any atom is -0.495 e. The second kappa shape index (κ2) is 2.99. The highest BCUT2D eigenvalue weighted by Gasteiger charge is 2.15. The summed E-state index contributed by atoms with van der Waals surface area (Å²) in [5.41, 5.74) is 0.535. The summed E-state index contributed by atoms with van der Waals surface area (Å²) in [5.74, 6) is -0.797. The van der Waals surface area contributed by atoms with Crippen LogP contribution in [0.15, 0.2) is 12.4 Å². The van der Waals surface area contributed by atoms with Gasteiger partial charge in [0, 0.05) is 6.20 Å². The van der Waals surface area contributed by atoms with Gasteiger partial charge in [0.15, 0.2) is 5.65 Å². The summed E-state index contributed by atoms with van der Waals surface area (Å²) in [5, 5.41) is 15.8. The number of fused-ring (bicyclic) bond motifs is 1. The van der Waals surface area contributed by atoms with Crippen LogP contribution < -0.4 is 4.74 Å². The fourth-order valence-electron chi connectivity index (χ4n) is 1.25. The molecule has 0 aromatic carbocycles. The van der Waals surface area contributed by atoms with Crippen molar-refractivity contribution in [3.8, 4) is 5.75 Å². The molecular weight excluding hydrogens is 186 g/mol. The van der Waals surface area contributed by atoms with Crippen molar-refractivity contribution in [1.82, 2.24) is 15.2 Å². The third-order valence-electron chi connectivity index (χ3n) is 1.87. The molecule has 0 amide bonds. The third kappa shape index (κ3) is 1.08. The molecule has 2 aromatic rings. The van der Waals surface area contributed by atoms with Crippen molar-refractivity contribution in [2.75, 3.05) is 7.11 Å². The molecule has 0 saturated carbocycles. The highest BCUT2D eigenvalue weighted by atomic mass is 16.5. The predicted molar refractivity (Wildman–Crippen MR) is 47.4 cm³/mol. The van der Waals surface area contributed by atoms with Crippen LogP contribution in [0.4, 0.5) is 0 Å². The minimum atomic E-state index is -1.07. The van der Waals surface area contributed by atoms with Crippen LogP contribution in [0.25, 0.3) is 11.0 Å². The Hall–Kier alpha value is -2.11. The lowest BCUT2D eigenvalue weighted by molar-refractivity contribution is 0.0693. The zero-order chi connectivity index (χ0) is 10.1. The number of carboxylic acids is 1. The highest BCUT2D eigenvalue weighted by Crippen LogP contribution is 2.26. The maximum atomic E-state index is 10.8. The van der Waals surface area contributed by atoms with E-state index < -0.39 is 5.97 Å². The molecule has 0 aliphatic heterocycles. The fourth-order valence-corrected chi connectivity index (χ4v) is 1.25. The van der Waals surface area contributed by atoms with Crippen molar-refractivity contribution in [2.45, 2.75) is 0 Å². The zero-order valence-electron chi connectivity index (χ0n) is 7.31. The predicted octanol–water partition coefficient (Wildman–Crippen LogP) is 0.665. The molecule has 0 radical (unpaired) electrons. The van der Waals surface area contributed by atoms with E-state index in [1.165, 1.54) is 19.5 Å². The molecule has 0 saturated heterocycles. The van der Waals surface area contributed by atoms with Gasteiger partial charge in [0.2, 0.25) is 0 Å². The summed E-state index contributed by atoms with van der Waals surface area (Å²) in [4.78, 5) is 14.7. The molecule has 0 aliphatic rings. The average Bonchev–Trinajstić information content (AvgIpc) is 2.63. The van der Waals surface area contributed by atoms with Crippen molar-refractivity contribution in [3.63, 3.8) is 0 Å². The molecule has 6 nitrogen and oxygen atoms in total. The number of rotatable bonds is 2. The summed E-state index contributed by atoms with van der Waals surface area (Å²) in [6.45, 7) is 0. The third-order valence-corrected chi connectivity index (χ3v) is 1.87. The normalized spacial score (nSPS) is 10.4. The Morgan fingerprint density at radius 2 is 2.36 bits per heavy atom. The van der Waals surface area contributed by atoms with Crippen LogP contribution in [0.3, 0.4) is 0 Å². The topological polar surface area (TPSA) is 88.1 Å². The van der Waals surface area contributed by atoms with Gasteiger partial charge in [-0.25, -0.2) is 9.78 Å². The lowest BCUT2D eigenvalue weighted by Crippen LogP contribution is -2.01. The standard InChI is InChI=1S/C8H7N3O3/c1-14-6-4-3-10-11-7(4)9-2-5(6)8(12)13/h2-3H,1H3,(H,12,13)(H,9,10,11). The number of ether oxygens (including phenoxy) is 1. The van der Waals surface area contributed by atoms with E-state index in [1.54, 1.807) is 0 Å². The summed E-state index contributed by atoms with van der Waals surface area (Å²) >= 11 is 0. The number of pyridine rings is 1. The Bertz CT molecular complexity index is 492. The molecule has 14 heavy (non-hydrogen) atoms. The number of carboxylic acid groups (broad SMARTS) is 1. The Morgan fingerprint density at radius 1 is 1.57 bits per heavy atom. The van der Waals surface area contributed by atoms with E-state index in [0.717, 1.165) is 0 Å². The first-order valence-electron chi connectivity index (χ1n) is 3.83. The van der Waals surface area contributed by atoms with Gasteiger partial charge < -0.3 is 9.84 Å². The van der Waals surface area contributed by atoms with Gasteiger partial charge in [-0.1, -0.05) is 0 Å². The van der Waals surface area contributed by atoms with Gasteiger partial charge in [0.25, 0.3) is 0 Å². The number of nitrogens with one attached hydrogen (secondary N) is 1. The van der Waals surface area contributed by atoms with Gasteiger partial charge in [-0.3, -0.25) is 5.10 Å². The van der Waals surface area contributed by atoms with E-state index in [0.29, 0.717) is 11.0 Å². The van der Waals surface area contributed by atoms with E-state index in [9.17, 15) is 4.79 Å². The first-order chi connectivity index (χ1) is 6.74. The van der Waals surface area contributed by atoms with Gasteiger partial charge in [0.05, 0.1) is 18.7 Å². The molecule has 0 unspecified atom stereocenters. The van der Waals surface area contributed by atoms with Crippen molar-refractivity contribution in [3.05, 3.63) is 18.0 Å². The van der Waals surface area contributed by atoms with E-state index >= 15 is 0 Å². The lowest BCUT2D eigenvalue weighted by Gasteiger charge is -2.04. The van der Waals surface area contributed by atoms with Gasteiger partial charge in [-0.05, 0) is 0 Å². The molecule has 0 atom stereocenters.